The van der Waals surface area contributed by atoms with Crippen LogP contribution in [0.2, 0.25) is 0 Å². The van der Waals surface area contributed by atoms with E-state index in [4.69, 9.17) is 0 Å². The molecule has 4 heteroatoms. The monoisotopic (exact) mass is 339 g/mol. The van der Waals surface area contributed by atoms with E-state index in [9.17, 15) is 4.79 Å². The molecule has 1 N–H and O–H groups in total. The highest BCUT2D eigenvalue weighted by molar-refractivity contribution is 6.05. The van der Waals surface area contributed by atoms with Gasteiger partial charge in [-0.25, -0.2) is 4.98 Å². The number of para-hydroxylation sites is 2. The van der Waals surface area contributed by atoms with Crippen LogP contribution in [0.3, 0.4) is 0 Å². The van der Waals surface area contributed by atoms with Gasteiger partial charge in [-0.2, -0.15) is 0 Å². The normalized spacial score (nSPS) is 10.5. The van der Waals surface area contributed by atoms with Crippen molar-refractivity contribution in [3.8, 4) is 16.8 Å². The van der Waals surface area contributed by atoms with Gasteiger partial charge in [0, 0.05) is 16.9 Å². The Kier molecular flexibility index (Phi) is 4.31. The van der Waals surface area contributed by atoms with Gasteiger partial charge in [-0.3, -0.25) is 9.36 Å². The number of nitrogens with zero attached hydrogens (tertiary/aromatic N) is 2. The molecule has 0 fully saturated rings. The Morgan fingerprint density at radius 2 is 1.46 bits per heavy atom. The average Bonchev–Trinajstić information content (AvgIpc) is 3.20. The van der Waals surface area contributed by atoms with Crippen molar-refractivity contribution in [2.24, 2.45) is 0 Å². The number of imidazole rings is 1. The van der Waals surface area contributed by atoms with Gasteiger partial charge in [0.1, 0.15) is 5.69 Å². The van der Waals surface area contributed by atoms with Crippen molar-refractivity contribution >= 4 is 11.6 Å². The Morgan fingerprint density at radius 3 is 2.23 bits per heavy atom. The van der Waals surface area contributed by atoms with Gasteiger partial charge in [-0.1, -0.05) is 66.7 Å². The SMILES string of the molecule is O=C(Nc1ccccc1-c1ccccc1)c1cncn1-c1ccccc1. The molecule has 0 aliphatic rings. The Balaban J connectivity index is 1.66. The van der Waals surface area contributed by atoms with Crippen LogP contribution in [0.15, 0.2) is 97.5 Å². The Bertz CT molecular complexity index is 1020. The fourth-order valence-corrected chi connectivity index (χ4v) is 2.91. The predicted molar refractivity (Wildman–Crippen MR) is 103 cm³/mol. The molecule has 1 heterocycles. The molecular weight excluding hydrogens is 322 g/mol. The van der Waals surface area contributed by atoms with Gasteiger partial charge in [0.25, 0.3) is 5.91 Å². The highest BCUT2D eigenvalue weighted by Gasteiger charge is 2.15. The van der Waals surface area contributed by atoms with Crippen molar-refractivity contribution in [3.63, 3.8) is 0 Å². The van der Waals surface area contributed by atoms with E-state index in [1.807, 2.05) is 84.9 Å². The van der Waals surface area contributed by atoms with Crippen molar-refractivity contribution in [1.82, 2.24) is 9.55 Å². The summed E-state index contributed by atoms with van der Waals surface area (Å²) in [4.78, 5) is 17.0. The molecule has 0 saturated heterocycles. The largest absolute Gasteiger partial charge is 0.320 e. The Labute approximate surface area is 151 Å². The Hall–Kier alpha value is -3.66. The van der Waals surface area contributed by atoms with Crippen LogP contribution in [-0.2, 0) is 0 Å². The van der Waals surface area contributed by atoms with E-state index in [0.717, 1.165) is 22.5 Å². The summed E-state index contributed by atoms with van der Waals surface area (Å²) in [5, 5.41) is 3.02. The third-order valence-corrected chi connectivity index (χ3v) is 4.17. The third kappa shape index (κ3) is 3.13. The van der Waals surface area contributed by atoms with Gasteiger partial charge >= 0.3 is 0 Å². The number of aromatic nitrogens is 2. The second-order valence-electron chi connectivity index (χ2n) is 5.85. The molecule has 0 aliphatic heterocycles. The second-order valence-corrected chi connectivity index (χ2v) is 5.85. The zero-order chi connectivity index (χ0) is 17.8. The summed E-state index contributed by atoms with van der Waals surface area (Å²) in [6.45, 7) is 0. The van der Waals surface area contributed by atoms with Gasteiger partial charge in [-0.15, -0.1) is 0 Å². The molecule has 0 aliphatic carbocycles. The molecule has 0 saturated carbocycles. The van der Waals surface area contributed by atoms with Gasteiger partial charge in [0.15, 0.2) is 0 Å². The van der Waals surface area contributed by atoms with Gasteiger partial charge < -0.3 is 5.32 Å². The summed E-state index contributed by atoms with van der Waals surface area (Å²) >= 11 is 0. The van der Waals surface area contributed by atoms with Gasteiger partial charge in [0.05, 0.1) is 12.5 Å². The molecule has 4 nitrogen and oxygen atoms in total. The van der Waals surface area contributed by atoms with Crippen LogP contribution in [0.25, 0.3) is 16.8 Å². The van der Waals surface area contributed by atoms with E-state index < -0.39 is 0 Å². The lowest BCUT2D eigenvalue weighted by atomic mass is 10.0. The lowest BCUT2D eigenvalue weighted by Crippen LogP contribution is -2.16. The maximum absolute atomic E-state index is 12.9. The summed E-state index contributed by atoms with van der Waals surface area (Å²) in [6, 6.07) is 27.5. The topological polar surface area (TPSA) is 46.9 Å². The highest BCUT2D eigenvalue weighted by Crippen LogP contribution is 2.28. The summed E-state index contributed by atoms with van der Waals surface area (Å²) in [7, 11) is 0. The zero-order valence-electron chi connectivity index (χ0n) is 14.0. The summed E-state index contributed by atoms with van der Waals surface area (Å²) in [5.41, 5.74) is 4.18. The maximum Gasteiger partial charge on any atom is 0.274 e. The van der Waals surface area contributed by atoms with Crippen molar-refractivity contribution in [2.45, 2.75) is 0 Å². The zero-order valence-corrected chi connectivity index (χ0v) is 14.0. The van der Waals surface area contributed by atoms with Crippen molar-refractivity contribution in [2.75, 3.05) is 5.32 Å². The average molecular weight is 339 g/mol. The number of hydrogen-bond donors (Lipinski definition) is 1. The molecule has 0 unspecified atom stereocenters. The third-order valence-electron chi connectivity index (χ3n) is 4.17. The van der Waals surface area contributed by atoms with E-state index >= 15 is 0 Å². The summed E-state index contributed by atoms with van der Waals surface area (Å²) in [5.74, 6) is -0.199. The smallest absolute Gasteiger partial charge is 0.274 e. The molecule has 3 aromatic carbocycles. The summed E-state index contributed by atoms with van der Waals surface area (Å²) < 4.78 is 1.78. The predicted octanol–water partition coefficient (Wildman–Crippen LogP) is 4.79. The minimum atomic E-state index is -0.199. The van der Waals surface area contributed by atoms with E-state index in [-0.39, 0.29) is 5.91 Å². The number of benzene rings is 3. The minimum Gasteiger partial charge on any atom is -0.320 e. The van der Waals surface area contributed by atoms with Crippen LogP contribution in [0.1, 0.15) is 10.5 Å². The van der Waals surface area contributed by atoms with E-state index in [2.05, 4.69) is 10.3 Å². The first-order valence-electron chi connectivity index (χ1n) is 8.36. The van der Waals surface area contributed by atoms with Crippen LogP contribution in [0.5, 0.6) is 0 Å². The molecule has 26 heavy (non-hydrogen) atoms. The molecule has 1 amide bonds. The van der Waals surface area contributed by atoms with Gasteiger partial charge in [-0.05, 0) is 23.8 Å². The molecule has 0 radical (unpaired) electrons. The number of rotatable bonds is 4. The number of carbonyl (C=O) groups is 1. The lowest BCUT2D eigenvalue weighted by molar-refractivity contribution is 0.102. The van der Waals surface area contributed by atoms with E-state index in [0.29, 0.717) is 5.69 Å². The molecule has 0 atom stereocenters. The lowest BCUT2D eigenvalue weighted by Gasteiger charge is -2.12. The highest BCUT2D eigenvalue weighted by atomic mass is 16.2. The van der Waals surface area contributed by atoms with Crippen LogP contribution >= 0.6 is 0 Å². The molecule has 4 aromatic rings. The number of carbonyl (C=O) groups excluding carboxylic acids is 1. The van der Waals surface area contributed by atoms with Crippen LogP contribution in [-0.4, -0.2) is 15.5 Å². The van der Waals surface area contributed by atoms with Crippen molar-refractivity contribution in [3.05, 3.63) is 103 Å². The number of nitrogens with one attached hydrogen (secondary N) is 1. The minimum absolute atomic E-state index is 0.199. The molecule has 4 rings (SSSR count). The maximum atomic E-state index is 12.9. The first kappa shape index (κ1) is 15.8. The Morgan fingerprint density at radius 1 is 0.808 bits per heavy atom. The molecule has 0 bridgehead atoms. The summed E-state index contributed by atoms with van der Waals surface area (Å²) in [6.07, 6.45) is 3.22. The number of anilines is 1. The fourth-order valence-electron chi connectivity index (χ4n) is 2.91. The van der Waals surface area contributed by atoms with Crippen LogP contribution in [0, 0.1) is 0 Å². The molecule has 0 spiro atoms. The van der Waals surface area contributed by atoms with Crippen molar-refractivity contribution < 1.29 is 4.79 Å². The first-order valence-corrected chi connectivity index (χ1v) is 8.36. The van der Waals surface area contributed by atoms with Gasteiger partial charge in [0.2, 0.25) is 0 Å². The quantitative estimate of drug-likeness (QED) is 0.581. The van der Waals surface area contributed by atoms with Crippen LogP contribution in [0.4, 0.5) is 5.69 Å². The second kappa shape index (κ2) is 7.07. The van der Waals surface area contributed by atoms with Crippen LogP contribution < -0.4 is 5.32 Å². The number of hydrogen-bond acceptors (Lipinski definition) is 2. The van der Waals surface area contributed by atoms with Crippen molar-refractivity contribution in [1.29, 1.82) is 0 Å². The number of amides is 1. The molecule has 126 valence electrons. The molecule has 1 aromatic heterocycles. The molecular formula is C22H17N3O. The fraction of sp³-hybridized carbons (Fsp3) is 0. The van der Waals surface area contributed by atoms with E-state index in [1.165, 1.54) is 0 Å². The standard InChI is InChI=1S/C22H17N3O/c26-22(21-15-23-16-25(21)18-11-5-2-6-12-18)24-20-14-8-7-13-19(20)17-9-3-1-4-10-17/h1-16H,(H,24,26). The first-order chi connectivity index (χ1) is 12.8. The van der Waals surface area contributed by atoms with E-state index in [1.54, 1.807) is 17.1 Å².